The molecular weight excluding hydrogens is 408 g/mol. The van der Waals surface area contributed by atoms with E-state index in [-0.39, 0.29) is 28.4 Å². The summed E-state index contributed by atoms with van der Waals surface area (Å²) in [6.45, 7) is 1.75. The maximum absolute atomic E-state index is 12.9. The van der Waals surface area contributed by atoms with Gasteiger partial charge in [-0.1, -0.05) is 24.3 Å². The van der Waals surface area contributed by atoms with Gasteiger partial charge in [-0.3, -0.25) is 24.6 Å². The monoisotopic (exact) mass is 426 g/mol. The first-order valence-corrected chi connectivity index (χ1v) is 10.3. The molecule has 1 heterocycles. The van der Waals surface area contributed by atoms with Gasteiger partial charge in [0.05, 0.1) is 21.1 Å². The molecule has 2 aromatic carbocycles. The number of aryl methyl sites for hydroxylation is 1. The Bertz CT molecular complexity index is 1200. The molecule has 0 bridgehead atoms. The number of nitro groups is 1. The molecule has 0 atom stereocenters. The standard InChI is InChI=1S/C20H18N4O5S/c1-14-8-9-16(24(26)27)11-19(14)30(28,29)23-18-7-3-2-6-17(18)20(25)22-13-15-5-4-10-21-12-15/h2-12,23H,13H2,1H3,(H,22,25). The lowest BCUT2D eigenvalue weighted by Gasteiger charge is -2.14. The highest BCUT2D eigenvalue weighted by atomic mass is 32.2. The van der Waals surface area contributed by atoms with E-state index in [0.717, 1.165) is 11.6 Å². The van der Waals surface area contributed by atoms with Crippen LogP contribution in [0.2, 0.25) is 0 Å². The number of non-ortho nitro benzene ring substituents is 1. The predicted octanol–water partition coefficient (Wildman–Crippen LogP) is 3.03. The fourth-order valence-corrected chi connectivity index (χ4v) is 4.09. The second-order valence-electron chi connectivity index (χ2n) is 6.40. The van der Waals surface area contributed by atoms with E-state index in [2.05, 4.69) is 15.0 Å². The number of hydrogen-bond donors (Lipinski definition) is 2. The predicted molar refractivity (Wildman–Crippen MR) is 110 cm³/mol. The van der Waals surface area contributed by atoms with Crippen molar-refractivity contribution in [2.45, 2.75) is 18.4 Å². The van der Waals surface area contributed by atoms with Gasteiger partial charge in [0.25, 0.3) is 21.6 Å². The number of carbonyl (C=O) groups excluding carboxylic acids is 1. The van der Waals surface area contributed by atoms with Gasteiger partial charge in [0.2, 0.25) is 0 Å². The summed E-state index contributed by atoms with van der Waals surface area (Å²) in [6.07, 6.45) is 3.23. The number of nitrogens with zero attached hydrogens (tertiary/aromatic N) is 2. The molecule has 0 saturated carbocycles. The molecule has 0 aliphatic heterocycles. The Morgan fingerprint density at radius 1 is 1.13 bits per heavy atom. The van der Waals surface area contributed by atoms with Crippen molar-refractivity contribution in [1.29, 1.82) is 0 Å². The maximum atomic E-state index is 12.9. The van der Waals surface area contributed by atoms with E-state index in [1.807, 2.05) is 0 Å². The van der Waals surface area contributed by atoms with Crippen LogP contribution in [0, 0.1) is 17.0 Å². The molecule has 0 aliphatic carbocycles. The van der Waals surface area contributed by atoms with Gasteiger partial charge in [0.15, 0.2) is 0 Å². The van der Waals surface area contributed by atoms with Gasteiger partial charge in [0, 0.05) is 31.1 Å². The number of anilines is 1. The number of pyridine rings is 1. The Labute approximate surface area is 173 Å². The van der Waals surface area contributed by atoms with Gasteiger partial charge in [-0.15, -0.1) is 0 Å². The summed E-state index contributed by atoms with van der Waals surface area (Å²) in [4.78, 5) is 26.7. The van der Waals surface area contributed by atoms with Gasteiger partial charge in [0.1, 0.15) is 0 Å². The number of aromatic nitrogens is 1. The van der Waals surface area contributed by atoms with Crippen LogP contribution in [0.1, 0.15) is 21.5 Å². The largest absolute Gasteiger partial charge is 0.348 e. The first-order valence-electron chi connectivity index (χ1n) is 8.82. The molecule has 30 heavy (non-hydrogen) atoms. The number of nitrogens with one attached hydrogen (secondary N) is 2. The minimum Gasteiger partial charge on any atom is -0.348 e. The van der Waals surface area contributed by atoms with Crippen molar-refractivity contribution in [1.82, 2.24) is 10.3 Å². The Balaban J connectivity index is 1.86. The zero-order valence-electron chi connectivity index (χ0n) is 15.9. The summed E-state index contributed by atoms with van der Waals surface area (Å²) in [5, 5.41) is 13.7. The van der Waals surface area contributed by atoms with E-state index >= 15 is 0 Å². The lowest BCUT2D eigenvalue weighted by molar-refractivity contribution is -0.385. The van der Waals surface area contributed by atoms with Gasteiger partial charge in [-0.25, -0.2) is 8.42 Å². The van der Waals surface area contributed by atoms with Crippen LogP contribution in [0.3, 0.4) is 0 Å². The van der Waals surface area contributed by atoms with E-state index in [1.54, 1.807) is 36.7 Å². The molecule has 9 nitrogen and oxygen atoms in total. The SMILES string of the molecule is Cc1ccc([N+](=O)[O-])cc1S(=O)(=O)Nc1ccccc1C(=O)NCc1cccnc1. The van der Waals surface area contributed by atoms with Crippen LogP contribution in [0.4, 0.5) is 11.4 Å². The molecule has 154 valence electrons. The third-order valence-corrected chi connectivity index (χ3v) is 5.77. The highest BCUT2D eigenvalue weighted by Gasteiger charge is 2.23. The number of para-hydroxylation sites is 1. The van der Waals surface area contributed by atoms with Crippen LogP contribution in [0.25, 0.3) is 0 Å². The van der Waals surface area contributed by atoms with E-state index in [1.165, 1.54) is 31.2 Å². The van der Waals surface area contributed by atoms with Crippen LogP contribution >= 0.6 is 0 Å². The number of hydrogen-bond acceptors (Lipinski definition) is 6. The van der Waals surface area contributed by atoms with Crippen LogP contribution in [0.15, 0.2) is 71.9 Å². The van der Waals surface area contributed by atoms with Crippen molar-refractivity contribution < 1.29 is 18.1 Å². The molecule has 2 N–H and O–H groups in total. The Morgan fingerprint density at radius 3 is 2.60 bits per heavy atom. The number of nitro benzene ring substituents is 1. The minimum atomic E-state index is -4.17. The normalized spacial score (nSPS) is 11.0. The number of carbonyl (C=O) groups is 1. The lowest BCUT2D eigenvalue weighted by atomic mass is 10.1. The van der Waals surface area contributed by atoms with E-state index in [4.69, 9.17) is 0 Å². The minimum absolute atomic E-state index is 0.0621. The molecule has 0 spiro atoms. The zero-order chi connectivity index (χ0) is 21.7. The molecule has 0 aliphatic rings. The Morgan fingerprint density at radius 2 is 1.90 bits per heavy atom. The van der Waals surface area contributed by atoms with E-state index in [0.29, 0.717) is 5.56 Å². The summed E-state index contributed by atoms with van der Waals surface area (Å²) in [7, 11) is -4.17. The molecule has 0 unspecified atom stereocenters. The molecule has 3 rings (SSSR count). The van der Waals surface area contributed by atoms with Crippen molar-refractivity contribution >= 4 is 27.3 Å². The summed E-state index contributed by atoms with van der Waals surface area (Å²) in [6, 6.07) is 13.2. The fraction of sp³-hybridized carbons (Fsp3) is 0.100. The molecule has 0 saturated heterocycles. The molecule has 1 aromatic heterocycles. The average molecular weight is 426 g/mol. The summed E-state index contributed by atoms with van der Waals surface area (Å²) in [5.74, 6) is -0.479. The van der Waals surface area contributed by atoms with Gasteiger partial charge < -0.3 is 5.32 Å². The summed E-state index contributed by atoms with van der Waals surface area (Å²) >= 11 is 0. The van der Waals surface area contributed by atoms with Crippen molar-refractivity contribution in [2.75, 3.05) is 4.72 Å². The zero-order valence-corrected chi connectivity index (χ0v) is 16.7. The first-order chi connectivity index (χ1) is 14.3. The first kappa shape index (κ1) is 20.9. The molecule has 3 aromatic rings. The van der Waals surface area contributed by atoms with E-state index in [9.17, 15) is 23.3 Å². The number of amides is 1. The second-order valence-corrected chi connectivity index (χ2v) is 8.05. The smallest absolute Gasteiger partial charge is 0.270 e. The van der Waals surface area contributed by atoms with Gasteiger partial charge in [-0.05, 0) is 36.2 Å². The second kappa shape index (κ2) is 8.70. The molecular formula is C20H18N4O5S. The summed E-state index contributed by atoms with van der Waals surface area (Å²) in [5.41, 5.74) is 0.964. The third kappa shape index (κ3) is 4.78. The Hall–Kier alpha value is -3.79. The highest BCUT2D eigenvalue weighted by molar-refractivity contribution is 7.92. The topological polar surface area (TPSA) is 131 Å². The van der Waals surface area contributed by atoms with Crippen molar-refractivity contribution in [3.63, 3.8) is 0 Å². The van der Waals surface area contributed by atoms with Crippen molar-refractivity contribution in [3.8, 4) is 0 Å². The average Bonchev–Trinajstić information content (AvgIpc) is 2.73. The number of benzene rings is 2. The fourth-order valence-electron chi connectivity index (χ4n) is 2.74. The van der Waals surface area contributed by atoms with E-state index < -0.39 is 20.9 Å². The molecule has 0 fully saturated rings. The van der Waals surface area contributed by atoms with Crippen molar-refractivity contribution in [3.05, 3.63) is 93.8 Å². The molecule has 10 heteroatoms. The third-order valence-electron chi connectivity index (χ3n) is 4.26. The number of sulfonamides is 1. The van der Waals surface area contributed by atoms with Gasteiger partial charge >= 0.3 is 0 Å². The van der Waals surface area contributed by atoms with Crippen LogP contribution < -0.4 is 10.0 Å². The number of rotatable bonds is 7. The van der Waals surface area contributed by atoms with Crippen LogP contribution in [-0.2, 0) is 16.6 Å². The molecule has 1 amide bonds. The quantitative estimate of drug-likeness (QED) is 0.441. The lowest BCUT2D eigenvalue weighted by Crippen LogP contribution is -2.25. The van der Waals surface area contributed by atoms with Crippen LogP contribution in [0.5, 0.6) is 0 Å². The molecule has 0 radical (unpaired) electrons. The van der Waals surface area contributed by atoms with Crippen LogP contribution in [-0.4, -0.2) is 24.2 Å². The van der Waals surface area contributed by atoms with Gasteiger partial charge in [-0.2, -0.15) is 0 Å². The summed E-state index contributed by atoms with van der Waals surface area (Å²) < 4.78 is 28.1. The Kier molecular flexibility index (Phi) is 6.07. The highest BCUT2D eigenvalue weighted by Crippen LogP contribution is 2.25. The van der Waals surface area contributed by atoms with Crippen molar-refractivity contribution in [2.24, 2.45) is 0 Å². The maximum Gasteiger partial charge on any atom is 0.270 e.